The zero-order valence-electron chi connectivity index (χ0n) is 10.9. The Morgan fingerprint density at radius 3 is 2.13 bits per heavy atom. The van der Waals surface area contributed by atoms with Crippen molar-refractivity contribution < 1.29 is 0 Å². The van der Waals surface area contributed by atoms with Gasteiger partial charge in [0.15, 0.2) is 8.24 Å². The fourth-order valence-electron chi connectivity index (χ4n) is 2.56. The van der Waals surface area contributed by atoms with Crippen molar-refractivity contribution >= 4 is 21.8 Å². The number of aromatic nitrogens is 1. The van der Waals surface area contributed by atoms with Crippen LogP contribution in [0.15, 0.2) is 18.3 Å². The Morgan fingerprint density at radius 1 is 1.20 bits per heavy atom. The summed E-state index contributed by atoms with van der Waals surface area (Å²) in [7, 11) is -2.66. The Bertz CT molecular complexity index is 299. The molecule has 0 aromatic carbocycles. The van der Waals surface area contributed by atoms with Crippen molar-refractivity contribution in [3.8, 4) is 0 Å². The second-order valence-corrected chi connectivity index (χ2v) is 15.1. The van der Waals surface area contributed by atoms with Gasteiger partial charge in [-0.1, -0.05) is 39.7 Å². The van der Waals surface area contributed by atoms with Gasteiger partial charge < -0.3 is 9.22 Å². The van der Waals surface area contributed by atoms with Crippen molar-refractivity contribution in [2.75, 3.05) is 6.54 Å². The Balaban J connectivity index is 3.03. The minimum absolute atomic E-state index is 1.17. The topological polar surface area (TPSA) is 19.0 Å². The van der Waals surface area contributed by atoms with E-state index in [-0.39, 0.29) is 0 Å². The minimum Gasteiger partial charge on any atom is -0.367 e. The first kappa shape index (κ1) is 12.7. The third-order valence-corrected chi connectivity index (χ3v) is 12.0. The minimum atomic E-state index is -1.45. The number of rotatable bonds is 4. The maximum Gasteiger partial charge on any atom is 0.166 e. The largest absolute Gasteiger partial charge is 0.367 e. The summed E-state index contributed by atoms with van der Waals surface area (Å²) >= 11 is 0. The summed E-state index contributed by atoms with van der Waals surface area (Å²) in [6.07, 6.45) is 2.04. The van der Waals surface area contributed by atoms with Crippen LogP contribution in [0.4, 0.5) is 0 Å². The lowest BCUT2D eigenvalue weighted by Gasteiger charge is -2.44. The number of nitrogens with zero attached hydrogens (tertiary/aromatic N) is 1. The van der Waals surface area contributed by atoms with E-state index < -0.39 is 16.5 Å². The molecule has 0 amide bonds. The van der Waals surface area contributed by atoms with Gasteiger partial charge in [0.05, 0.1) is 0 Å². The van der Waals surface area contributed by atoms with Gasteiger partial charge in [-0.3, -0.25) is 0 Å². The molecule has 1 rings (SSSR count). The average Bonchev–Trinajstić information content (AvgIpc) is 2.52. The zero-order valence-corrected chi connectivity index (χ0v) is 12.9. The van der Waals surface area contributed by atoms with E-state index in [1.165, 1.54) is 11.9 Å². The maximum atomic E-state index is 3.41. The van der Waals surface area contributed by atoms with Crippen LogP contribution < -0.4 is 5.32 Å². The molecule has 2 nitrogen and oxygen atoms in total. The molecule has 1 aromatic rings. The van der Waals surface area contributed by atoms with Crippen molar-refractivity contribution in [3.05, 3.63) is 18.3 Å². The van der Waals surface area contributed by atoms with E-state index in [1.807, 2.05) is 6.20 Å². The normalized spacial score (nSPS) is 13.5. The van der Waals surface area contributed by atoms with Crippen molar-refractivity contribution in [3.63, 3.8) is 0 Å². The van der Waals surface area contributed by atoms with Crippen LogP contribution in [-0.2, 0) is 0 Å². The Labute approximate surface area is 95.9 Å². The van der Waals surface area contributed by atoms with E-state index >= 15 is 0 Å². The van der Waals surface area contributed by atoms with Gasteiger partial charge in [0.25, 0.3) is 0 Å². The van der Waals surface area contributed by atoms with Crippen molar-refractivity contribution in [2.45, 2.75) is 39.7 Å². The lowest BCUT2D eigenvalue weighted by Crippen LogP contribution is -2.66. The second kappa shape index (κ2) is 4.27. The molecular formula is C11H24N2Si2. The van der Waals surface area contributed by atoms with Gasteiger partial charge in [-0.05, 0) is 18.7 Å². The first-order valence-corrected chi connectivity index (χ1v) is 12.1. The predicted molar refractivity (Wildman–Crippen MR) is 73.6 cm³/mol. The quantitative estimate of drug-likeness (QED) is 0.802. The van der Waals surface area contributed by atoms with Crippen LogP contribution in [-0.4, -0.2) is 32.2 Å². The van der Waals surface area contributed by atoms with Crippen molar-refractivity contribution in [2.24, 2.45) is 0 Å². The molecule has 0 radical (unpaired) electrons. The molecule has 0 atom stereocenters. The summed E-state index contributed by atoms with van der Waals surface area (Å²) in [6, 6.07) is 4.36. The highest BCUT2D eigenvalue weighted by Crippen LogP contribution is 2.18. The fraction of sp³-hybridized carbons (Fsp3) is 0.636. The number of H-pyrrole nitrogens is 1. The smallest absolute Gasteiger partial charge is 0.166 e. The molecule has 15 heavy (non-hydrogen) atoms. The van der Waals surface area contributed by atoms with E-state index in [4.69, 9.17) is 0 Å². The summed E-state index contributed by atoms with van der Waals surface area (Å²) < 4.78 is 2.78. The molecule has 0 unspecified atom stereocenters. The first-order chi connectivity index (χ1) is 6.80. The summed E-state index contributed by atoms with van der Waals surface area (Å²) in [5, 5.41) is 1.45. The van der Waals surface area contributed by atoms with Crippen LogP contribution in [0.3, 0.4) is 0 Å². The number of aromatic amines is 1. The van der Waals surface area contributed by atoms with Gasteiger partial charge >= 0.3 is 0 Å². The Hall–Kier alpha value is -0.326. The van der Waals surface area contributed by atoms with Crippen LogP contribution in [0, 0.1) is 0 Å². The van der Waals surface area contributed by atoms with Crippen LogP contribution >= 0.6 is 0 Å². The standard InChI is InChI=1S/C11H24N2Si2/c1-7-13(14(2,3)4)15(5,6)11-9-8-10-12-11/h8-10,12H,7H2,1-6H3. The molecule has 86 valence electrons. The second-order valence-electron chi connectivity index (χ2n) is 5.56. The van der Waals surface area contributed by atoms with Gasteiger partial charge in [0.1, 0.15) is 8.24 Å². The van der Waals surface area contributed by atoms with Gasteiger partial charge in [-0.25, -0.2) is 0 Å². The molecule has 0 aliphatic heterocycles. The summed E-state index contributed by atoms with van der Waals surface area (Å²) in [5.41, 5.74) is 0. The van der Waals surface area contributed by atoms with Gasteiger partial charge in [0.2, 0.25) is 0 Å². The molecule has 0 saturated heterocycles. The van der Waals surface area contributed by atoms with E-state index in [1.54, 1.807) is 0 Å². The molecule has 4 heteroatoms. The highest BCUT2D eigenvalue weighted by atomic mass is 28.4. The molecule has 1 aromatic heterocycles. The predicted octanol–water partition coefficient (Wildman–Crippen LogP) is 2.58. The third-order valence-electron chi connectivity index (χ3n) is 3.06. The lowest BCUT2D eigenvalue weighted by molar-refractivity contribution is 0.655. The summed E-state index contributed by atoms with van der Waals surface area (Å²) in [4.78, 5) is 3.41. The monoisotopic (exact) mass is 240 g/mol. The third kappa shape index (κ3) is 2.62. The fourth-order valence-corrected chi connectivity index (χ4v) is 12.6. The van der Waals surface area contributed by atoms with E-state index in [0.717, 1.165) is 0 Å². The van der Waals surface area contributed by atoms with Crippen molar-refractivity contribution in [1.82, 2.24) is 9.22 Å². The number of hydrogen-bond donors (Lipinski definition) is 1. The van der Waals surface area contributed by atoms with Crippen LogP contribution in [0.25, 0.3) is 0 Å². The van der Waals surface area contributed by atoms with E-state index in [9.17, 15) is 0 Å². The molecule has 0 spiro atoms. The van der Waals surface area contributed by atoms with E-state index in [0.29, 0.717) is 0 Å². The van der Waals surface area contributed by atoms with Gasteiger partial charge in [0, 0.05) is 11.5 Å². The zero-order chi connectivity index (χ0) is 11.7. The Kier molecular flexibility index (Phi) is 3.63. The molecule has 0 fully saturated rings. The maximum absolute atomic E-state index is 3.41. The highest BCUT2D eigenvalue weighted by Gasteiger charge is 2.38. The van der Waals surface area contributed by atoms with Crippen LogP contribution in [0.2, 0.25) is 32.7 Å². The molecule has 0 bridgehead atoms. The lowest BCUT2D eigenvalue weighted by atomic mass is 10.7. The van der Waals surface area contributed by atoms with Crippen molar-refractivity contribution in [1.29, 1.82) is 0 Å². The SMILES string of the molecule is CCN([Si](C)(C)C)[Si](C)(C)c1ccc[nH]1. The molecular weight excluding hydrogens is 216 g/mol. The van der Waals surface area contributed by atoms with Crippen LogP contribution in [0.5, 0.6) is 0 Å². The Morgan fingerprint density at radius 2 is 1.80 bits per heavy atom. The number of hydrogen-bond acceptors (Lipinski definition) is 1. The van der Waals surface area contributed by atoms with Crippen LogP contribution in [0.1, 0.15) is 6.92 Å². The molecule has 0 aliphatic carbocycles. The van der Waals surface area contributed by atoms with Gasteiger partial charge in [-0.15, -0.1) is 0 Å². The van der Waals surface area contributed by atoms with Gasteiger partial charge in [-0.2, -0.15) is 0 Å². The molecule has 1 N–H and O–H groups in total. The van der Waals surface area contributed by atoms with E-state index in [2.05, 4.69) is 61.0 Å². The first-order valence-electron chi connectivity index (χ1n) is 5.71. The molecule has 0 saturated carbocycles. The highest BCUT2D eigenvalue weighted by molar-refractivity contribution is 6.96. The summed E-state index contributed by atoms with van der Waals surface area (Å²) in [5.74, 6) is 0. The number of nitrogens with one attached hydrogen (secondary N) is 1. The molecule has 1 heterocycles. The molecule has 0 aliphatic rings. The average molecular weight is 240 g/mol. The summed E-state index contributed by atoms with van der Waals surface area (Å²) in [6.45, 7) is 15.7.